The Hall–Kier alpha value is -2.70. The van der Waals surface area contributed by atoms with E-state index in [9.17, 15) is 9.59 Å². The van der Waals surface area contributed by atoms with E-state index in [-0.39, 0.29) is 18.4 Å². The molecular weight excluding hydrogens is 449 g/mol. The van der Waals surface area contributed by atoms with Gasteiger partial charge in [0, 0.05) is 54.7 Å². The minimum Gasteiger partial charge on any atom is -0.495 e. The van der Waals surface area contributed by atoms with E-state index in [0.29, 0.717) is 59.5 Å². The highest BCUT2D eigenvalue weighted by Crippen LogP contribution is 2.38. The van der Waals surface area contributed by atoms with E-state index in [2.05, 4.69) is 11.9 Å². The van der Waals surface area contributed by atoms with Gasteiger partial charge in [-0.2, -0.15) is 0 Å². The third-order valence-electron chi connectivity index (χ3n) is 6.18. The van der Waals surface area contributed by atoms with Crippen molar-refractivity contribution in [3.63, 3.8) is 0 Å². The average Bonchev–Trinajstić information content (AvgIpc) is 3.36. The molecule has 2 aliphatic rings. The molecule has 32 heavy (non-hydrogen) atoms. The SMILES string of the molecule is C=CC(=O)N1CC2CN(C(=O)CNc3cc(-c4cccc(Cl)c4)c(Cl)cc3OC)CC2C1. The van der Waals surface area contributed by atoms with Crippen LogP contribution in [0, 0.1) is 11.8 Å². The normalized spacial score (nSPS) is 19.6. The highest BCUT2D eigenvalue weighted by Gasteiger charge is 2.42. The maximum absolute atomic E-state index is 12.9. The average molecular weight is 474 g/mol. The molecule has 0 saturated carbocycles. The van der Waals surface area contributed by atoms with Gasteiger partial charge in [-0.3, -0.25) is 9.59 Å². The van der Waals surface area contributed by atoms with Crippen LogP contribution >= 0.6 is 23.2 Å². The summed E-state index contributed by atoms with van der Waals surface area (Å²) in [4.78, 5) is 28.4. The first-order valence-corrected chi connectivity index (χ1v) is 11.2. The fourth-order valence-corrected chi connectivity index (χ4v) is 4.98. The van der Waals surface area contributed by atoms with Crippen molar-refractivity contribution in [2.75, 3.05) is 45.2 Å². The Bertz CT molecular complexity index is 1040. The molecule has 2 aliphatic heterocycles. The van der Waals surface area contributed by atoms with Gasteiger partial charge in [0.25, 0.3) is 0 Å². The Morgan fingerprint density at radius 1 is 1.12 bits per heavy atom. The summed E-state index contributed by atoms with van der Waals surface area (Å²) in [7, 11) is 1.57. The number of amides is 2. The number of benzene rings is 2. The minimum absolute atomic E-state index is 0.0160. The maximum Gasteiger partial charge on any atom is 0.245 e. The summed E-state index contributed by atoms with van der Waals surface area (Å²) < 4.78 is 5.46. The quantitative estimate of drug-likeness (QED) is 0.639. The van der Waals surface area contributed by atoms with Gasteiger partial charge >= 0.3 is 0 Å². The van der Waals surface area contributed by atoms with Gasteiger partial charge < -0.3 is 19.9 Å². The molecular formula is C24H25Cl2N3O3. The molecule has 1 N–H and O–H groups in total. The van der Waals surface area contributed by atoms with E-state index in [0.717, 1.165) is 11.1 Å². The van der Waals surface area contributed by atoms with E-state index < -0.39 is 0 Å². The van der Waals surface area contributed by atoms with E-state index in [4.69, 9.17) is 27.9 Å². The molecule has 2 aromatic rings. The Morgan fingerprint density at radius 3 is 2.44 bits per heavy atom. The maximum atomic E-state index is 12.9. The van der Waals surface area contributed by atoms with Crippen LogP contribution in [0.2, 0.25) is 10.0 Å². The molecule has 6 nitrogen and oxygen atoms in total. The van der Waals surface area contributed by atoms with Crippen molar-refractivity contribution in [2.45, 2.75) is 0 Å². The Balaban J connectivity index is 1.43. The van der Waals surface area contributed by atoms with Crippen LogP contribution in [0.1, 0.15) is 0 Å². The summed E-state index contributed by atoms with van der Waals surface area (Å²) >= 11 is 12.6. The first kappa shape index (κ1) is 22.5. The number of carbonyl (C=O) groups is 2. The third kappa shape index (κ3) is 4.57. The molecule has 0 aliphatic carbocycles. The van der Waals surface area contributed by atoms with Gasteiger partial charge in [-0.1, -0.05) is 41.9 Å². The highest BCUT2D eigenvalue weighted by atomic mass is 35.5. The lowest BCUT2D eigenvalue weighted by atomic mass is 10.0. The van der Waals surface area contributed by atoms with Gasteiger partial charge in [-0.25, -0.2) is 0 Å². The molecule has 0 spiro atoms. The number of hydrogen-bond donors (Lipinski definition) is 1. The number of methoxy groups -OCH3 is 1. The fourth-order valence-electron chi connectivity index (χ4n) is 4.53. The number of hydrogen-bond acceptors (Lipinski definition) is 4. The summed E-state index contributed by atoms with van der Waals surface area (Å²) in [6.07, 6.45) is 1.35. The number of halogens is 2. The van der Waals surface area contributed by atoms with E-state index in [1.807, 2.05) is 34.1 Å². The fraction of sp³-hybridized carbons (Fsp3) is 0.333. The Kier molecular flexibility index (Phi) is 6.63. The van der Waals surface area contributed by atoms with Crippen molar-refractivity contribution >= 4 is 40.7 Å². The molecule has 0 bridgehead atoms. The molecule has 0 radical (unpaired) electrons. The van der Waals surface area contributed by atoms with Crippen molar-refractivity contribution in [1.29, 1.82) is 0 Å². The van der Waals surface area contributed by atoms with Gasteiger partial charge in [0.2, 0.25) is 11.8 Å². The van der Waals surface area contributed by atoms with Gasteiger partial charge in [-0.15, -0.1) is 0 Å². The lowest BCUT2D eigenvalue weighted by molar-refractivity contribution is -0.128. The van der Waals surface area contributed by atoms with Gasteiger partial charge in [0.05, 0.1) is 24.4 Å². The predicted molar refractivity (Wildman–Crippen MR) is 127 cm³/mol. The Labute approximate surface area is 197 Å². The first-order valence-electron chi connectivity index (χ1n) is 10.5. The zero-order valence-electron chi connectivity index (χ0n) is 17.8. The minimum atomic E-state index is -0.0377. The smallest absolute Gasteiger partial charge is 0.245 e. The van der Waals surface area contributed by atoms with Crippen molar-refractivity contribution in [1.82, 2.24) is 9.80 Å². The summed E-state index contributed by atoms with van der Waals surface area (Å²) in [5.41, 5.74) is 2.36. The molecule has 2 atom stereocenters. The monoisotopic (exact) mass is 473 g/mol. The van der Waals surface area contributed by atoms with Crippen LogP contribution in [0.25, 0.3) is 11.1 Å². The zero-order valence-corrected chi connectivity index (χ0v) is 19.3. The van der Waals surface area contributed by atoms with Crippen LogP contribution in [0.4, 0.5) is 5.69 Å². The van der Waals surface area contributed by atoms with Crippen LogP contribution in [0.3, 0.4) is 0 Å². The molecule has 2 fully saturated rings. The lowest BCUT2D eigenvalue weighted by Gasteiger charge is -2.22. The molecule has 2 saturated heterocycles. The van der Waals surface area contributed by atoms with Gasteiger partial charge in [-0.05, 0) is 29.8 Å². The molecule has 8 heteroatoms. The van der Waals surface area contributed by atoms with Gasteiger partial charge in [0.15, 0.2) is 0 Å². The summed E-state index contributed by atoms with van der Waals surface area (Å²) in [6, 6.07) is 11.0. The topological polar surface area (TPSA) is 61.9 Å². The lowest BCUT2D eigenvalue weighted by Crippen LogP contribution is -2.37. The summed E-state index contributed by atoms with van der Waals surface area (Å²) in [5.74, 6) is 1.18. The van der Waals surface area contributed by atoms with E-state index in [1.54, 1.807) is 19.2 Å². The van der Waals surface area contributed by atoms with Crippen LogP contribution in [0.15, 0.2) is 49.1 Å². The van der Waals surface area contributed by atoms with Crippen LogP contribution < -0.4 is 10.1 Å². The molecule has 2 aromatic carbocycles. The van der Waals surface area contributed by atoms with Crippen molar-refractivity contribution in [3.8, 4) is 16.9 Å². The van der Waals surface area contributed by atoms with Crippen molar-refractivity contribution in [3.05, 3.63) is 59.1 Å². The number of nitrogens with zero attached hydrogens (tertiary/aromatic N) is 2. The second kappa shape index (κ2) is 9.43. The van der Waals surface area contributed by atoms with E-state index >= 15 is 0 Å². The Morgan fingerprint density at radius 2 is 1.81 bits per heavy atom. The van der Waals surface area contributed by atoms with Crippen molar-refractivity contribution in [2.24, 2.45) is 11.8 Å². The molecule has 0 aromatic heterocycles. The first-order chi connectivity index (χ1) is 15.4. The van der Waals surface area contributed by atoms with Crippen molar-refractivity contribution < 1.29 is 14.3 Å². The second-order valence-corrected chi connectivity index (χ2v) is 9.01. The van der Waals surface area contributed by atoms with Crippen LogP contribution in [-0.4, -0.2) is 61.4 Å². The molecule has 168 valence electrons. The third-order valence-corrected chi connectivity index (χ3v) is 6.73. The number of ether oxygens (including phenoxy) is 1. The molecule has 2 heterocycles. The predicted octanol–water partition coefficient (Wildman–Crippen LogP) is 4.18. The molecule has 2 amide bonds. The standard InChI is InChI=1S/C24H25Cl2N3O3/c1-3-23(30)28-11-16-13-29(14-17(16)12-28)24(31)10-27-21-8-19(20(26)9-22(21)32-2)15-5-4-6-18(25)7-15/h3-9,16-17,27H,1,10-14H2,2H3. The highest BCUT2D eigenvalue weighted by molar-refractivity contribution is 6.34. The number of fused-ring (bicyclic) bond motifs is 1. The largest absolute Gasteiger partial charge is 0.495 e. The number of carbonyl (C=O) groups excluding carboxylic acids is 2. The van der Waals surface area contributed by atoms with Crippen LogP contribution in [-0.2, 0) is 9.59 Å². The molecule has 4 rings (SSSR count). The summed E-state index contributed by atoms with van der Waals surface area (Å²) in [5, 5.41) is 4.36. The van der Waals surface area contributed by atoms with E-state index in [1.165, 1.54) is 6.08 Å². The second-order valence-electron chi connectivity index (χ2n) is 8.16. The van der Waals surface area contributed by atoms with Gasteiger partial charge in [0.1, 0.15) is 5.75 Å². The number of likely N-dealkylation sites (tertiary alicyclic amines) is 2. The molecule has 2 unspecified atom stereocenters. The number of anilines is 1. The van der Waals surface area contributed by atoms with Crippen LogP contribution in [0.5, 0.6) is 5.75 Å². The summed E-state index contributed by atoms with van der Waals surface area (Å²) in [6.45, 7) is 6.39. The zero-order chi connectivity index (χ0) is 22.8. The number of nitrogens with one attached hydrogen (secondary N) is 1. The number of rotatable bonds is 6.